The van der Waals surface area contributed by atoms with Crippen molar-refractivity contribution >= 4 is 29.3 Å². The van der Waals surface area contributed by atoms with Gasteiger partial charge in [-0.1, -0.05) is 0 Å². The van der Waals surface area contributed by atoms with Gasteiger partial charge in [-0.3, -0.25) is 4.79 Å². The summed E-state index contributed by atoms with van der Waals surface area (Å²) in [6.07, 6.45) is 7.14. The van der Waals surface area contributed by atoms with E-state index < -0.39 is 0 Å². The SMILES string of the molecule is O=C(NCc1ccco1)C1CCN(c2cnc(N3CCSCC3)nc2)CC1. The summed E-state index contributed by atoms with van der Waals surface area (Å²) >= 11 is 1.98. The van der Waals surface area contributed by atoms with Crippen molar-refractivity contribution in [1.29, 1.82) is 0 Å². The predicted molar refractivity (Wildman–Crippen MR) is 107 cm³/mol. The second kappa shape index (κ2) is 8.65. The Balaban J connectivity index is 1.26. The van der Waals surface area contributed by atoms with Crippen LogP contribution in [0.2, 0.25) is 0 Å². The zero-order chi connectivity index (χ0) is 18.5. The van der Waals surface area contributed by atoms with Gasteiger partial charge in [0.1, 0.15) is 5.76 Å². The van der Waals surface area contributed by atoms with Crippen molar-refractivity contribution in [3.8, 4) is 0 Å². The minimum atomic E-state index is 0.0576. The summed E-state index contributed by atoms with van der Waals surface area (Å²) in [6.45, 7) is 4.19. The highest BCUT2D eigenvalue weighted by Gasteiger charge is 2.25. The van der Waals surface area contributed by atoms with Crippen LogP contribution in [-0.4, -0.2) is 53.6 Å². The summed E-state index contributed by atoms with van der Waals surface area (Å²) in [5.41, 5.74) is 1.04. The molecule has 2 aliphatic rings. The predicted octanol–water partition coefficient (Wildman–Crippen LogP) is 2.16. The summed E-state index contributed by atoms with van der Waals surface area (Å²) in [5.74, 6) is 4.06. The molecule has 8 heteroatoms. The fraction of sp³-hybridized carbons (Fsp3) is 0.526. The van der Waals surface area contributed by atoms with Crippen molar-refractivity contribution in [3.05, 3.63) is 36.5 Å². The molecule has 0 spiro atoms. The van der Waals surface area contributed by atoms with Gasteiger partial charge in [-0.05, 0) is 25.0 Å². The molecule has 7 nitrogen and oxygen atoms in total. The Bertz CT molecular complexity index is 723. The number of furan rings is 1. The first-order valence-electron chi connectivity index (χ1n) is 9.49. The number of aromatic nitrogens is 2. The summed E-state index contributed by atoms with van der Waals surface area (Å²) < 4.78 is 5.26. The number of anilines is 2. The van der Waals surface area contributed by atoms with E-state index in [0.29, 0.717) is 6.54 Å². The number of carbonyl (C=O) groups excluding carboxylic acids is 1. The molecular weight excluding hydrogens is 362 g/mol. The van der Waals surface area contributed by atoms with Crippen LogP contribution in [0.3, 0.4) is 0 Å². The second-order valence-electron chi connectivity index (χ2n) is 6.90. The number of rotatable bonds is 5. The lowest BCUT2D eigenvalue weighted by molar-refractivity contribution is -0.125. The molecule has 27 heavy (non-hydrogen) atoms. The van der Waals surface area contributed by atoms with Gasteiger partial charge >= 0.3 is 0 Å². The number of nitrogens with one attached hydrogen (secondary N) is 1. The van der Waals surface area contributed by atoms with Crippen molar-refractivity contribution in [2.75, 3.05) is 47.5 Å². The minimum Gasteiger partial charge on any atom is -0.467 e. The number of hydrogen-bond acceptors (Lipinski definition) is 7. The normalized spacial score (nSPS) is 18.5. The molecule has 2 aromatic heterocycles. The maximum absolute atomic E-state index is 12.4. The Morgan fingerprint density at radius 2 is 1.89 bits per heavy atom. The number of nitrogens with zero attached hydrogens (tertiary/aromatic N) is 4. The molecule has 2 aliphatic heterocycles. The first-order valence-corrected chi connectivity index (χ1v) is 10.6. The molecule has 0 saturated carbocycles. The monoisotopic (exact) mass is 387 g/mol. The molecule has 0 aliphatic carbocycles. The van der Waals surface area contributed by atoms with Gasteiger partial charge in [-0.25, -0.2) is 9.97 Å². The van der Waals surface area contributed by atoms with E-state index in [2.05, 4.69) is 25.1 Å². The fourth-order valence-corrected chi connectivity index (χ4v) is 4.44. The lowest BCUT2D eigenvalue weighted by Crippen LogP contribution is -2.40. The third kappa shape index (κ3) is 4.55. The quantitative estimate of drug-likeness (QED) is 0.843. The van der Waals surface area contributed by atoms with Crippen LogP contribution in [0.25, 0.3) is 0 Å². The first-order chi connectivity index (χ1) is 13.3. The maximum Gasteiger partial charge on any atom is 0.225 e. The summed E-state index contributed by atoms with van der Waals surface area (Å²) in [4.78, 5) is 26.0. The third-order valence-corrected chi connectivity index (χ3v) is 6.11. The molecule has 4 heterocycles. The van der Waals surface area contributed by atoms with Crippen molar-refractivity contribution in [1.82, 2.24) is 15.3 Å². The zero-order valence-corrected chi connectivity index (χ0v) is 16.2. The van der Waals surface area contributed by atoms with Crippen LogP contribution < -0.4 is 15.1 Å². The Kier molecular flexibility index (Phi) is 5.81. The summed E-state index contributed by atoms with van der Waals surface area (Å²) in [6, 6.07) is 3.70. The van der Waals surface area contributed by atoms with E-state index in [1.807, 2.05) is 36.3 Å². The van der Waals surface area contributed by atoms with Gasteiger partial charge in [0.05, 0.1) is 30.9 Å². The first kappa shape index (κ1) is 18.2. The molecule has 2 fully saturated rings. The molecule has 2 saturated heterocycles. The second-order valence-corrected chi connectivity index (χ2v) is 8.12. The highest BCUT2D eigenvalue weighted by atomic mass is 32.2. The average Bonchev–Trinajstić information content (AvgIpc) is 3.27. The maximum atomic E-state index is 12.4. The van der Waals surface area contributed by atoms with E-state index in [0.717, 1.165) is 67.9 Å². The van der Waals surface area contributed by atoms with Crippen LogP contribution in [-0.2, 0) is 11.3 Å². The van der Waals surface area contributed by atoms with Crippen LogP contribution >= 0.6 is 11.8 Å². The van der Waals surface area contributed by atoms with E-state index in [4.69, 9.17) is 4.42 Å². The Morgan fingerprint density at radius 1 is 1.15 bits per heavy atom. The van der Waals surface area contributed by atoms with Gasteiger partial charge in [0.15, 0.2) is 0 Å². The van der Waals surface area contributed by atoms with Crippen LogP contribution in [0.15, 0.2) is 35.2 Å². The molecule has 1 amide bonds. The lowest BCUT2D eigenvalue weighted by atomic mass is 9.95. The van der Waals surface area contributed by atoms with Crippen LogP contribution in [0.1, 0.15) is 18.6 Å². The molecule has 0 unspecified atom stereocenters. The highest BCUT2D eigenvalue weighted by Crippen LogP contribution is 2.24. The number of thioether (sulfide) groups is 1. The average molecular weight is 388 g/mol. The van der Waals surface area contributed by atoms with Gasteiger partial charge in [-0.2, -0.15) is 11.8 Å². The van der Waals surface area contributed by atoms with E-state index in [1.165, 1.54) is 0 Å². The van der Waals surface area contributed by atoms with Crippen LogP contribution in [0.4, 0.5) is 11.6 Å². The van der Waals surface area contributed by atoms with Crippen molar-refractivity contribution < 1.29 is 9.21 Å². The minimum absolute atomic E-state index is 0.0576. The highest BCUT2D eigenvalue weighted by molar-refractivity contribution is 7.99. The third-order valence-electron chi connectivity index (χ3n) is 5.17. The molecule has 2 aromatic rings. The van der Waals surface area contributed by atoms with Gasteiger partial charge in [0, 0.05) is 43.6 Å². The number of carbonyl (C=O) groups is 1. The van der Waals surface area contributed by atoms with Gasteiger partial charge in [-0.15, -0.1) is 0 Å². The fourth-order valence-electron chi connectivity index (χ4n) is 3.54. The largest absolute Gasteiger partial charge is 0.467 e. The summed E-state index contributed by atoms with van der Waals surface area (Å²) in [7, 11) is 0. The number of piperidine rings is 1. The topological polar surface area (TPSA) is 74.5 Å². The van der Waals surface area contributed by atoms with Crippen molar-refractivity contribution in [2.24, 2.45) is 5.92 Å². The van der Waals surface area contributed by atoms with E-state index in [9.17, 15) is 4.79 Å². The van der Waals surface area contributed by atoms with Gasteiger partial charge in [0.2, 0.25) is 11.9 Å². The molecule has 4 rings (SSSR count). The molecular formula is C19H25N5O2S. The van der Waals surface area contributed by atoms with Crippen LogP contribution in [0, 0.1) is 5.92 Å². The van der Waals surface area contributed by atoms with Crippen molar-refractivity contribution in [3.63, 3.8) is 0 Å². The van der Waals surface area contributed by atoms with E-state index in [1.54, 1.807) is 6.26 Å². The smallest absolute Gasteiger partial charge is 0.225 e. The molecule has 0 aromatic carbocycles. The molecule has 0 bridgehead atoms. The standard InChI is InChI=1S/C19H25N5O2S/c25-18(20-14-17-2-1-9-26-17)15-3-5-23(6-4-15)16-12-21-19(22-13-16)24-7-10-27-11-8-24/h1-2,9,12-13,15H,3-8,10-11,14H2,(H,20,25). The molecule has 0 atom stereocenters. The Morgan fingerprint density at radius 3 is 2.56 bits per heavy atom. The number of hydrogen-bond donors (Lipinski definition) is 1. The van der Waals surface area contributed by atoms with Gasteiger partial charge in [0.25, 0.3) is 0 Å². The zero-order valence-electron chi connectivity index (χ0n) is 15.3. The molecule has 144 valence electrons. The molecule has 0 radical (unpaired) electrons. The number of amides is 1. The Hall–Kier alpha value is -2.22. The lowest BCUT2D eigenvalue weighted by Gasteiger charge is -2.33. The molecule has 1 N–H and O–H groups in total. The Labute approximate surface area is 163 Å². The van der Waals surface area contributed by atoms with E-state index >= 15 is 0 Å². The van der Waals surface area contributed by atoms with Crippen LogP contribution in [0.5, 0.6) is 0 Å². The summed E-state index contributed by atoms with van der Waals surface area (Å²) in [5, 5.41) is 2.97. The van der Waals surface area contributed by atoms with Gasteiger partial charge < -0.3 is 19.5 Å². The van der Waals surface area contributed by atoms with Crippen molar-refractivity contribution in [2.45, 2.75) is 19.4 Å². The van der Waals surface area contributed by atoms with E-state index in [-0.39, 0.29) is 11.8 Å².